The van der Waals surface area contributed by atoms with Crippen LogP contribution in [0.15, 0.2) is 42.5 Å². The van der Waals surface area contributed by atoms with Crippen molar-refractivity contribution in [1.29, 1.82) is 0 Å². The highest BCUT2D eigenvalue weighted by Crippen LogP contribution is 2.29. The van der Waals surface area contributed by atoms with Gasteiger partial charge in [-0.15, -0.1) is 0 Å². The van der Waals surface area contributed by atoms with E-state index < -0.39 is 5.41 Å². The lowest BCUT2D eigenvalue weighted by molar-refractivity contribution is -0.135. The largest absolute Gasteiger partial charge is 0.325 e. The Labute approximate surface area is 156 Å². The van der Waals surface area contributed by atoms with E-state index in [0.717, 1.165) is 22.4 Å². The fourth-order valence-electron chi connectivity index (χ4n) is 2.64. The van der Waals surface area contributed by atoms with Crippen molar-refractivity contribution in [3.8, 4) is 0 Å². The van der Waals surface area contributed by atoms with Gasteiger partial charge in [-0.1, -0.05) is 49.7 Å². The molecule has 2 N–H and O–H groups in total. The second-order valence-electron chi connectivity index (χ2n) is 7.59. The smallest absolute Gasteiger partial charge is 0.239 e. The van der Waals surface area contributed by atoms with Crippen LogP contribution in [0.25, 0.3) is 0 Å². The number of carbonyl (C=O) groups is 2. The molecule has 0 aromatic heterocycles. The van der Waals surface area contributed by atoms with Crippen LogP contribution in [0.1, 0.15) is 50.3 Å². The minimum atomic E-state index is -1.21. The average Bonchev–Trinajstić information content (AvgIpc) is 2.58. The van der Waals surface area contributed by atoms with E-state index in [9.17, 15) is 9.59 Å². The van der Waals surface area contributed by atoms with Crippen LogP contribution in [0, 0.1) is 19.3 Å². The van der Waals surface area contributed by atoms with Gasteiger partial charge in [-0.05, 0) is 56.9 Å². The Hall–Kier alpha value is -2.62. The van der Waals surface area contributed by atoms with Gasteiger partial charge in [0.1, 0.15) is 5.41 Å². The lowest BCUT2D eigenvalue weighted by Crippen LogP contribution is -2.41. The molecule has 0 fully saturated rings. The second-order valence-corrected chi connectivity index (χ2v) is 7.59. The van der Waals surface area contributed by atoms with Crippen LogP contribution >= 0.6 is 0 Å². The molecule has 0 radical (unpaired) electrons. The van der Waals surface area contributed by atoms with Crippen molar-refractivity contribution in [2.45, 2.75) is 47.5 Å². The van der Waals surface area contributed by atoms with E-state index in [1.165, 1.54) is 0 Å². The lowest BCUT2D eigenvalue weighted by Gasteiger charge is -2.25. The Morgan fingerprint density at radius 1 is 0.885 bits per heavy atom. The zero-order valence-corrected chi connectivity index (χ0v) is 16.4. The molecule has 0 saturated carbocycles. The minimum Gasteiger partial charge on any atom is -0.325 e. The molecule has 4 heteroatoms. The summed E-state index contributed by atoms with van der Waals surface area (Å²) in [6, 6.07) is 13.5. The van der Waals surface area contributed by atoms with Crippen LogP contribution in [0.3, 0.4) is 0 Å². The van der Waals surface area contributed by atoms with Gasteiger partial charge in [-0.25, -0.2) is 0 Å². The first-order valence-electron chi connectivity index (χ1n) is 8.92. The lowest BCUT2D eigenvalue weighted by atomic mass is 9.90. The summed E-state index contributed by atoms with van der Waals surface area (Å²) in [5, 5.41) is 5.80. The van der Waals surface area contributed by atoms with E-state index >= 15 is 0 Å². The van der Waals surface area contributed by atoms with E-state index in [2.05, 4.69) is 24.5 Å². The number of hydrogen-bond donors (Lipinski definition) is 2. The summed E-state index contributed by atoms with van der Waals surface area (Å²) < 4.78 is 0. The third kappa shape index (κ3) is 4.31. The average molecular weight is 352 g/mol. The molecule has 4 nitrogen and oxygen atoms in total. The maximum absolute atomic E-state index is 12.9. The van der Waals surface area contributed by atoms with Crippen molar-refractivity contribution in [3.05, 3.63) is 59.2 Å². The molecule has 0 aliphatic heterocycles. The number of amides is 2. The summed E-state index contributed by atoms with van der Waals surface area (Å²) in [6.07, 6.45) is 0. The Balaban J connectivity index is 2.20. The van der Waals surface area contributed by atoms with Gasteiger partial charge < -0.3 is 10.6 Å². The second kappa shape index (κ2) is 7.73. The van der Waals surface area contributed by atoms with Crippen LogP contribution in [0.2, 0.25) is 0 Å². The zero-order valence-electron chi connectivity index (χ0n) is 16.4. The Bertz CT molecular complexity index is 805. The van der Waals surface area contributed by atoms with Gasteiger partial charge in [0, 0.05) is 11.4 Å². The normalized spacial score (nSPS) is 11.3. The Morgan fingerprint density at radius 2 is 1.46 bits per heavy atom. The third-order valence-corrected chi connectivity index (χ3v) is 4.61. The molecule has 2 rings (SSSR count). The summed E-state index contributed by atoms with van der Waals surface area (Å²) >= 11 is 0. The van der Waals surface area contributed by atoms with Crippen molar-refractivity contribution in [2.75, 3.05) is 10.6 Å². The number of rotatable bonds is 5. The third-order valence-electron chi connectivity index (χ3n) is 4.61. The van der Waals surface area contributed by atoms with Crippen LogP contribution in [0.4, 0.5) is 11.4 Å². The van der Waals surface area contributed by atoms with Gasteiger partial charge in [0.2, 0.25) is 11.8 Å². The molecule has 2 aromatic carbocycles. The van der Waals surface area contributed by atoms with Crippen molar-refractivity contribution < 1.29 is 9.59 Å². The van der Waals surface area contributed by atoms with Crippen LogP contribution < -0.4 is 10.6 Å². The molecule has 2 aromatic rings. The number of hydrogen-bond acceptors (Lipinski definition) is 2. The standard InChI is InChI=1S/C22H28N2O2/c1-14(2)18-9-7-8-16(4)19(18)24-21(26)22(5,6)20(25)23-17-12-10-15(3)11-13-17/h7-14H,1-6H3,(H,23,25)(H,24,26). The molecule has 0 heterocycles. The molecule has 0 saturated heterocycles. The molecule has 138 valence electrons. The van der Waals surface area contributed by atoms with Gasteiger partial charge in [0.15, 0.2) is 0 Å². The Morgan fingerprint density at radius 3 is 2.04 bits per heavy atom. The maximum Gasteiger partial charge on any atom is 0.239 e. The molecule has 0 aliphatic rings. The van der Waals surface area contributed by atoms with Crippen LogP contribution in [-0.2, 0) is 9.59 Å². The molecule has 0 unspecified atom stereocenters. The minimum absolute atomic E-state index is 0.273. The van der Waals surface area contributed by atoms with Crippen molar-refractivity contribution in [1.82, 2.24) is 0 Å². The number of carbonyl (C=O) groups excluding carboxylic acids is 2. The number of nitrogens with one attached hydrogen (secondary N) is 2. The van der Waals surface area contributed by atoms with E-state index in [4.69, 9.17) is 0 Å². The predicted molar refractivity (Wildman–Crippen MR) is 107 cm³/mol. The molecule has 2 amide bonds. The number of aryl methyl sites for hydroxylation is 2. The monoisotopic (exact) mass is 352 g/mol. The molecular formula is C22H28N2O2. The van der Waals surface area contributed by atoms with E-state index in [1.54, 1.807) is 13.8 Å². The number of anilines is 2. The zero-order chi connectivity index (χ0) is 19.5. The van der Waals surface area contributed by atoms with E-state index in [0.29, 0.717) is 5.69 Å². The molecule has 26 heavy (non-hydrogen) atoms. The fraction of sp³-hybridized carbons (Fsp3) is 0.364. The summed E-state index contributed by atoms with van der Waals surface area (Å²) in [5.41, 5.74) is 3.43. The van der Waals surface area contributed by atoms with Gasteiger partial charge in [0.05, 0.1) is 0 Å². The van der Waals surface area contributed by atoms with Crippen molar-refractivity contribution in [2.24, 2.45) is 5.41 Å². The Kier molecular flexibility index (Phi) is 5.86. The highest BCUT2D eigenvalue weighted by atomic mass is 16.2. The van der Waals surface area contributed by atoms with Gasteiger partial charge in [0.25, 0.3) is 0 Å². The van der Waals surface area contributed by atoms with Crippen molar-refractivity contribution in [3.63, 3.8) is 0 Å². The molecule has 0 bridgehead atoms. The first-order valence-corrected chi connectivity index (χ1v) is 8.92. The van der Waals surface area contributed by atoms with Gasteiger partial charge in [-0.3, -0.25) is 9.59 Å². The number of benzene rings is 2. The fourth-order valence-corrected chi connectivity index (χ4v) is 2.64. The molecule has 0 spiro atoms. The molecule has 0 atom stereocenters. The quantitative estimate of drug-likeness (QED) is 0.742. The van der Waals surface area contributed by atoms with Crippen LogP contribution in [0.5, 0.6) is 0 Å². The van der Waals surface area contributed by atoms with Crippen molar-refractivity contribution >= 4 is 23.2 Å². The van der Waals surface area contributed by atoms with Crippen LogP contribution in [-0.4, -0.2) is 11.8 Å². The summed E-state index contributed by atoms with van der Waals surface area (Å²) in [7, 11) is 0. The molecular weight excluding hydrogens is 324 g/mol. The van der Waals surface area contributed by atoms with Gasteiger partial charge in [-0.2, -0.15) is 0 Å². The SMILES string of the molecule is Cc1ccc(NC(=O)C(C)(C)C(=O)Nc2c(C)cccc2C(C)C)cc1. The van der Waals surface area contributed by atoms with E-state index in [-0.39, 0.29) is 17.7 Å². The predicted octanol–water partition coefficient (Wildman–Crippen LogP) is 5.03. The first-order chi connectivity index (χ1) is 12.1. The summed E-state index contributed by atoms with van der Waals surface area (Å²) in [5.74, 6) is -0.383. The topological polar surface area (TPSA) is 58.2 Å². The van der Waals surface area contributed by atoms with Gasteiger partial charge >= 0.3 is 0 Å². The highest BCUT2D eigenvalue weighted by molar-refractivity contribution is 6.14. The first kappa shape index (κ1) is 19.7. The summed E-state index contributed by atoms with van der Waals surface area (Å²) in [4.78, 5) is 25.6. The number of para-hydroxylation sites is 1. The highest BCUT2D eigenvalue weighted by Gasteiger charge is 2.36. The summed E-state index contributed by atoms with van der Waals surface area (Å²) in [6.45, 7) is 11.4. The van der Waals surface area contributed by atoms with E-state index in [1.807, 2.05) is 56.3 Å². The maximum atomic E-state index is 12.9. The molecule has 0 aliphatic carbocycles.